The summed E-state index contributed by atoms with van der Waals surface area (Å²) in [6.45, 7) is 4.45. The van der Waals surface area contributed by atoms with E-state index >= 15 is 0 Å². The second kappa shape index (κ2) is 9.53. The Bertz CT molecular complexity index is 602. The molecule has 23 heavy (non-hydrogen) atoms. The van der Waals surface area contributed by atoms with Crippen molar-refractivity contribution in [2.75, 3.05) is 30.3 Å². The standard InChI is InChI=1S/C18H22Cl2N2O/c1-2-3-12-23-16-7-5-15(6-8-16)21-10-11-22-18-13-14(19)4-9-17(18)20/h4-9,13,21-22H,2-3,10-12H2,1H3. The highest BCUT2D eigenvalue weighted by Crippen LogP contribution is 2.25. The van der Waals surface area contributed by atoms with E-state index in [1.165, 1.54) is 0 Å². The molecule has 0 bridgehead atoms. The minimum Gasteiger partial charge on any atom is -0.494 e. The highest BCUT2D eigenvalue weighted by molar-refractivity contribution is 6.35. The lowest BCUT2D eigenvalue weighted by Gasteiger charge is -2.11. The Labute approximate surface area is 147 Å². The molecule has 2 aromatic rings. The normalized spacial score (nSPS) is 10.4. The summed E-state index contributed by atoms with van der Waals surface area (Å²) in [6, 6.07) is 13.4. The van der Waals surface area contributed by atoms with Crippen LogP contribution in [0, 0.1) is 0 Å². The fraction of sp³-hybridized carbons (Fsp3) is 0.333. The van der Waals surface area contributed by atoms with E-state index in [0.717, 1.165) is 49.7 Å². The molecule has 5 heteroatoms. The van der Waals surface area contributed by atoms with E-state index in [9.17, 15) is 0 Å². The second-order valence-electron chi connectivity index (χ2n) is 5.20. The third-order valence-electron chi connectivity index (χ3n) is 3.32. The van der Waals surface area contributed by atoms with Gasteiger partial charge in [0.25, 0.3) is 0 Å². The summed E-state index contributed by atoms with van der Waals surface area (Å²) in [7, 11) is 0. The van der Waals surface area contributed by atoms with E-state index in [0.29, 0.717) is 10.0 Å². The Morgan fingerprint density at radius 3 is 2.43 bits per heavy atom. The third-order valence-corrected chi connectivity index (χ3v) is 3.88. The smallest absolute Gasteiger partial charge is 0.119 e. The molecule has 0 spiro atoms. The minimum atomic E-state index is 0.669. The maximum absolute atomic E-state index is 6.11. The lowest BCUT2D eigenvalue weighted by atomic mass is 10.3. The molecule has 0 heterocycles. The first-order valence-electron chi connectivity index (χ1n) is 7.84. The lowest BCUT2D eigenvalue weighted by Crippen LogP contribution is -2.13. The molecule has 0 saturated heterocycles. The molecule has 0 aromatic heterocycles. The van der Waals surface area contributed by atoms with Crippen molar-refractivity contribution >= 4 is 34.6 Å². The van der Waals surface area contributed by atoms with Crippen molar-refractivity contribution in [3.8, 4) is 5.75 Å². The fourth-order valence-corrected chi connectivity index (χ4v) is 2.40. The number of hydrogen-bond donors (Lipinski definition) is 2. The zero-order valence-corrected chi connectivity index (χ0v) is 14.8. The molecular weight excluding hydrogens is 331 g/mol. The van der Waals surface area contributed by atoms with Crippen molar-refractivity contribution in [2.24, 2.45) is 0 Å². The number of anilines is 2. The van der Waals surface area contributed by atoms with Crippen LogP contribution >= 0.6 is 23.2 Å². The van der Waals surface area contributed by atoms with E-state index in [1.807, 2.05) is 30.3 Å². The van der Waals surface area contributed by atoms with Gasteiger partial charge >= 0.3 is 0 Å². The van der Waals surface area contributed by atoms with E-state index in [2.05, 4.69) is 17.6 Å². The van der Waals surface area contributed by atoms with Gasteiger partial charge in [0.1, 0.15) is 5.75 Å². The zero-order chi connectivity index (χ0) is 16.5. The van der Waals surface area contributed by atoms with Gasteiger partial charge in [0, 0.05) is 23.8 Å². The van der Waals surface area contributed by atoms with Crippen molar-refractivity contribution in [1.82, 2.24) is 0 Å². The van der Waals surface area contributed by atoms with E-state index in [4.69, 9.17) is 27.9 Å². The Morgan fingerprint density at radius 1 is 0.957 bits per heavy atom. The summed E-state index contributed by atoms with van der Waals surface area (Å²) in [4.78, 5) is 0. The summed E-state index contributed by atoms with van der Waals surface area (Å²) < 4.78 is 5.64. The number of halogens is 2. The number of hydrogen-bond acceptors (Lipinski definition) is 3. The molecule has 0 amide bonds. The van der Waals surface area contributed by atoms with E-state index < -0.39 is 0 Å². The van der Waals surface area contributed by atoms with Crippen LogP contribution in [0.15, 0.2) is 42.5 Å². The Kier molecular flexibility index (Phi) is 7.37. The summed E-state index contributed by atoms with van der Waals surface area (Å²) in [5.41, 5.74) is 1.91. The summed E-state index contributed by atoms with van der Waals surface area (Å²) in [5.74, 6) is 0.910. The molecule has 124 valence electrons. The topological polar surface area (TPSA) is 33.3 Å². The average molecular weight is 353 g/mol. The van der Waals surface area contributed by atoms with Crippen LogP contribution in [0.2, 0.25) is 10.0 Å². The van der Waals surface area contributed by atoms with Gasteiger partial charge < -0.3 is 15.4 Å². The largest absolute Gasteiger partial charge is 0.494 e. The van der Waals surface area contributed by atoms with Gasteiger partial charge in [0.15, 0.2) is 0 Å². The lowest BCUT2D eigenvalue weighted by molar-refractivity contribution is 0.309. The van der Waals surface area contributed by atoms with Crippen molar-refractivity contribution in [1.29, 1.82) is 0 Å². The molecule has 3 nitrogen and oxygen atoms in total. The molecule has 0 radical (unpaired) electrons. The van der Waals surface area contributed by atoms with Crippen LogP contribution in [0.4, 0.5) is 11.4 Å². The first-order valence-corrected chi connectivity index (χ1v) is 8.60. The van der Waals surface area contributed by atoms with Gasteiger partial charge in [-0.3, -0.25) is 0 Å². The number of benzene rings is 2. The zero-order valence-electron chi connectivity index (χ0n) is 13.2. The van der Waals surface area contributed by atoms with Gasteiger partial charge in [-0.25, -0.2) is 0 Å². The molecule has 0 atom stereocenters. The summed E-state index contributed by atoms with van der Waals surface area (Å²) in [5, 5.41) is 7.95. The van der Waals surface area contributed by atoms with Crippen LogP contribution in [0.3, 0.4) is 0 Å². The molecule has 2 rings (SSSR count). The SMILES string of the molecule is CCCCOc1ccc(NCCNc2cc(Cl)ccc2Cl)cc1. The van der Waals surface area contributed by atoms with Gasteiger partial charge in [0.2, 0.25) is 0 Å². The van der Waals surface area contributed by atoms with Gasteiger partial charge in [0.05, 0.1) is 17.3 Å². The van der Waals surface area contributed by atoms with Gasteiger partial charge in [-0.1, -0.05) is 36.5 Å². The first kappa shape index (κ1) is 17.8. The van der Waals surface area contributed by atoms with Crippen LogP contribution in [-0.4, -0.2) is 19.7 Å². The molecule has 0 aliphatic rings. The minimum absolute atomic E-state index is 0.669. The molecule has 0 unspecified atom stereocenters. The number of rotatable bonds is 9. The van der Waals surface area contributed by atoms with Crippen LogP contribution in [0.5, 0.6) is 5.75 Å². The summed E-state index contributed by atoms with van der Waals surface area (Å²) in [6.07, 6.45) is 2.22. The van der Waals surface area contributed by atoms with Gasteiger partial charge in [-0.2, -0.15) is 0 Å². The number of ether oxygens (including phenoxy) is 1. The van der Waals surface area contributed by atoms with Crippen LogP contribution in [0.25, 0.3) is 0 Å². The highest BCUT2D eigenvalue weighted by atomic mass is 35.5. The maximum Gasteiger partial charge on any atom is 0.119 e. The van der Waals surface area contributed by atoms with Crippen LogP contribution in [0.1, 0.15) is 19.8 Å². The predicted octanol–water partition coefficient (Wildman–Crippen LogP) is 5.70. The van der Waals surface area contributed by atoms with Gasteiger partial charge in [-0.15, -0.1) is 0 Å². The molecule has 2 N–H and O–H groups in total. The maximum atomic E-state index is 6.11. The van der Waals surface area contributed by atoms with Crippen molar-refractivity contribution < 1.29 is 4.74 Å². The molecule has 0 aliphatic carbocycles. The van der Waals surface area contributed by atoms with Crippen LogP contribution in [-0.2, 0) is 0 Å². The molecule has 0 aliphatic heterocycles. The van der Waals surface area contributed by atoms with Crippen molar-refractivity contribution in [3.05, 3.63) is 52.5 Å². The number of unbranched alkanes of at least 4 members (excludes halogenated alkanes) is 1. The summed E-state index contributed by atoms with van der Waals surface area (Å²) >= 11 is 12.1. The molecule has 0 fully saturated rings. The Balaban J connectivity index is 1.72. The second-order valence-corrected chi connectivity index (χ2v) is 6.05. The average Bonchev–Trinajstić information content (AvgIpc) is 2.56. The monoisotopic (exact) mass is 352 g/mol. The van der Waals surface area contributed by atoms with Crippen molar-refractivity contribution in [3.63, 3.8) is 0 Å². The quantitative estimate of drug-likeness (QED) is 0.568. The fourth-order valence-electron chi connectivity index (χ4n) is 2.04. The molecular formula is C18H22Cl2N2O. The molecule has 0 saturated carbocycles. The first-order chi connectivity index (χ1) is 11.2. The molecule has 2 aromatic carbocycles. The number of nitrogens with one attached hydrogen (secondary N) is 2. The van der Waals surface area contributed by atoms with E-state index in [-0.39, 0.29) is 0 Å². The van der Waals surface area contributed by atoms with Crippen LogP contribution < -0.4 is 15.4 Å². The Hall–Kier alpha value is -1.58. The van der Waals surface area contributed by atoms with Crippen molar-refractivity contribution in [2.45, 2.75) is 19.8 Å². The Morgan fingerprint density at radius 2 is 1.70 bits per heavy atom. The highest BCUT2D eigenvalue weighted by Gasteiger charge is 2.00. The van der Waals surface area contributed by atoms with E-state index in [1.54, 1.807) is 12.1 Å². The predicted molar refractivity (Wildman–Crippen MR) is 100 cm³/mol. The third kappa shape index (κ3) is 6.20. The van der Waals surface area contributed by atoms with Gasteiger partial charge in [-0.05, 0) is 48.9 Å².